The molecule has 0 heterocycles. The smallest absolute Gasteiger partial charge is 0.475 e. The van der Waals surface area contributed by atoms with Crippen molar-refractivity contribution in [1.29, 1.82) is 0 Å². The molecule has 23 heavy (non-hydrogen) atoms. The van der Waals surface area contributed by atoms with Crippen molar-refractivity contribution in [3.8, 4) is 11.1 Å². The van der Waals surface area contributed by atoms with E-state index >= 15 is 0 Å². The zero-order valence-electron chi connectivity index (χ0n) is 12.0. The Balaban J connectivity index is 0.000000322. The van der Waals surface area contributed by atoms with Crippen molar-refractivity contribution in [2.45, 2.75) is 6.18 Å². The van der Waals surface area contributed by atoms with Gasteiger partial charge in [-0.25, -0.2) is 9.59 Å². The summed E-state index contributed by atoms with van der Waals surface area (Å²) >= 11 is 0. The van der Waals surface area contributed by atoms with Crippen LogP contribution in [0.5, 0.6) is 0 Å². The van der Waals surface area contributed by atoms with Crippen molar-refractivity contribution < 1.29 is 32.6 Å². The molecule has 2 aromatic rings. The summed E-state index contributed by atoms with van der Waals surface area (Å²) < 4.78 is 36.4. The molecule has 0 aliphatic rings. The monoisotopic (exact) mass is 326 g/mol. The van der Waals surface area contributed by atoms with Gasteiger partial charge in [-0.15, -0.1) is 0 Å². The molecule has 0 spiro atoms. The van der Waals surface area contributed by atoms with Gasteiger partial charge in [-0.1, -0.05) is 42.5 Å². The van der Waals surface area contributed by atoms with Crippen LogP contribution in [0.3, 0.4) is 0 Å². The Hall–Kier alpha value is -2.83. The van der Waals surface area contributed by atoms with Gasteiger partial charge >= 0.3 is 18.1 Å². The quantitative estimate of drug-likeness (QED) is 0.853. The molecule has 122 valence electrons. The summed E-state index contributed by atoms with van der Waals surface area (Å²) in [5.74, 6) is -3.06. The fourth-order valence-corrected chi connectivity index (χ4v) is 1.55. The van der Waals surface area contributed by atoms with E-state index in [-0.39, 0.29) is 5.97 Å². The van der Waals surface area contributed by atoms with E-state index in [9.17, 15) is 18.0 Å². The number of methoxy groups -OCH3 is 1. The van der Waals surface area contributed by atoms with E-state index in [0.29, 0.717) is 5.56 Å². The lowest BCUT2D eigenvalue weighted by Crippen LogP contribution is -2.21. The SMILES string of the molecule is COC(=O)c1ccc(-c2ccccc2)cc1.O=C(O)C(F)(F)F. The van der Waals surface area contributed by atoms with Crippen LogP contribution in [-0.4, -0.2) is 30.3 Å². The molecular weight excluding hydrogens is 313 g/mol. The van der Waals surface area contributed by atoms with Crippen LogP contribution in [0, 0.1) is 0 Å². The minimum Gasteiger partial charge on any atom is -0.475 e. The average Bonchev–Trinajstić information content (AvgIpc) is 2.55. The van der Waals surface area contributed by atoms with E-state index in [1.54, 1.807) is 12.1 Å². The van der Waals surface area contributed by atoms with Gasteiger partial charge in [-0.2, -0.15) is 13.2 Å². The lowest BCUT2D eigenvalue weighted by molar-refractivity contribution is -0.192. The second-order valence-corrected chi connectivity index (χ2v) is 4.24. The second kappa shape index (κ2) is 7.98. The van der Waals surface area contributed by atoms with Gasteiger partial charge in [0.05, 0.1) is 12.7 Å². The molecule has 0 saturated heterocycles. The van der Waals surface area contributed by atoms with Gasteiger partial charge in [0, 0.05) is 0 Å². The van der Waals surface area contributed by atoms with Crippen LogP contribution >= 0.6 is 0 Å². The summed E-state index contributed by atoms with van der Waals surface area (Å²) in [4.78, 5) is 20.1. The molecule has 0 unspecified atom stereocenters. The summed E-state index contributed by atoms with van der Waals surface area (Å²) in [6.45, 7) is 0. The summed E-state index contributed by atoms with van der Waals surface area (Å²) in [6.07, 6.45) is -5.08. The first-order valence-corrected chi connectivity index (χ1v) is 6.29. The van der Waals surface area contributed by atoms with Crippen molar-refractivity contribution in [3.05, 3.63) is 60.2 Å². The van der Waals surface area contributed by atoms with Gasteiger partial charge in [0.15, 0.2) is 0 Å². The number of halogens is 3. The minimum absolute atomic E-state index is 0.306. The van der Waals surface area contributed by atoms with E-state index in [0.717, 1.165) is 11.1 Å². The Morgan fingerprint density at radius 3 is 1.74 bits per heavy atom. The summed E-state index contributed by atoms with van der Waals surface area (Å²) in [5.41, 5.74) is 2.80. The Morgan fingerprint density at radius 1 is 0.913 bits per heavy atom. The molecule has 0 aliphatic carbocycles. The molecule has 0 saturated carbocycles. The maximum atomic E-state index is 11.2. The number of rotatable bonds is 2. The van der Waals surface area contributed by atoms with Crippen LogP contribution < -0.4 is 0 Å². The third-order valence-corrected chi connectivity index (χ3v) is 2.66. The Morgan fingerprint density at radius 2 is 1.35 bits per heavy atom. The highest BCUT2D eigenvalue weighted by Crippen LogP contribution is 2.19. The number of carboxylic acid groups (broad SMARTS) is 1. The lowest BCUT2D eigenvalue weighted by Gasteiger charge is -2.02. The fourth-order valence-electron chi connectivity index (χ4n) is 1.55. The molecular formula is C16H13F3O4. The van der Waals surface area contributed by atoms with Crippen molar-refractivity contribution in [1.82, 2.24) is 0 Å². The Kier molecular flexibility index (Phi) is 6.32. The minimum atomic E-state index is -5.08. The molecule has 0 bridgehead atoms. The molecule has 1 N–H and O–H groups in total. The van der Waals surface area contributed by atoms with Gasteiger partial charge in [0.1, 0.15) is 0 Å². The molecule has 4 nitrogen and oxygen atoms in total. The van der Waals surface area contributed by atoms with Crippen molar-refractivity contribution >= 4 is 11.9 Å². The van der Waals surface area contributed by atoms with Crippen molar-refractivity contribution in [3.63, 3.8) is 0 Å². The largest absolute Gasteiger partial charge is 0.490 e. The molecule has 0 aliphatic heterocycles. The highest BCUT2D eigenvalue weighted by molar-refractivity contribution is 5.89. The third kappa shape index (κ3) is 5.82. The number of hydrogen-bond donors (Lipinski definition) is 1. The lowest BCUT2D eigenvalue weighted by atomic mass is 10.0. The molecule has 0 atom stereocenters. The van der Waals surface area contributed by atoms with Gasteiger partial charge < -0.3 is 9.84 Å². The number of esters is 1. The van der Waals surface area contributed by atoms with Crippen molar-refractivity contribution in [2.75, 3.05) is 7.11 Å². The first-order valence-electron chi connectivity index (χ1n) is 6.29. The number of carbonyl (C=O) groups excluding carboxylic acids is 1. The summed E-state index contributed by atoms with van der Waals surface area (Å²) in [5, 5.41) is 7.12. The molecule has 7 heteroatoms. The topological polar surface area (TPSA) is 63.6 Å². The average molecular weight is 326 g/mol. The van der Waals surface area contributed by atoms with E-state index in [2.05, 4.69) is 4.74 Å². The molecule has 2 rings (SSSR count). The zero-order chi connectivity index (χ0) is 17.5. The Bertz CT molecular complexity index is 649. The highest BCUT2D eigenvalue weighted by atomic mass is 19.4. The van der Waals surface area contributed by atoms with Crippen molar-refractivity contribution in [2.24, 2.45) is 0 Å². The number of hydrogen-bond acceptors (Lipinski definition) is 3. The normalized spacial score (nSPS) is 10.3. The first kappa shape index (κ1) is 18.2. The predicted octanol–water partition coefficient (Wildman–Crippen LogP) is 3.77. The third-order valence-electron chi connectivity index (χ3n) is 2.66. The standard InChI is InChI=1S/C14H12O2.C2HF3O2/c1-16-14(15)13-9-7-12(8-10-13)11-5-3-2-4-6-11;3-2(4,5)1(6)7/h2-10H,1H3;(H,6,7). The van der Waals surface area contributed by atoms with Gasteiger partial charge in [-0.3, -0.25) is 0 Å². The zero-order valence-corrected chi connectivity index (χ0v) is 12.0. The number of ether oxygens (including phenoxy) is 1. The molecule has 0 radical (unpaired) electrons. The Labute approximate surface area is 130 Å². The van der Waals surface area contributed by atoms with Crippen LogP contribution in [0.25, 0.3) is 11.1 Å². The number of carboxylic acids is 1. The van der Waals surface area contributed by atoms with Crippen LogP contribution in [-0.2, 0) is 9.53 Å². The number of benzene rings is 2. The molecule has 0 aromatic heterocycles. The number of alkyl halides is 3. The first-order chi connectivity index (χ1) is 10.8. The number of carbonyl (C=O) groups is 2. The van der Waals surface area contributed by atoms with Crippen LogP contribution in [0.1, 0.15) is 10.4 Å². The maximum absolute atomic E-state index is 11.2. The van der Waals surface area contributed by atoms with Crippen LogP contribution in [0.4, 0.5) is 13.2 Å². The van der Waals surface area contributed by atoms with Crippen LogP contribution in [0.2, 0.25) is 0 Å². The van der Waals surface area contributed by atoms with E-state index < -0.39 is 12.1 Å². The van der Waals surface area contributed by atoms with E-state index in [1.807, 2.05) is 42.5 Å². The molecule has 0 amide bonds. The molecule has 0 fully saturated rings. The highest BCUT2D eigenvalue weighted by Gasteiger charge is 2.38. The van der Waals surface area contributed by atoms with E-state index in [4.69, 9.17) is 9.90 Å². The van der Waals surface area contributed by atoms with Crippen LogP contribution in [0.15, 0.2) is 54.6 Å². The fraction of sp³-hybridized carbons (Fsp3) is 0.125. The predicted molar refractivity (Wildman–Crippen MR) is 76.9 cm³/mol. The molecule has 2 aromatic carbocycles. The number of aliphatic carboxylic acids is 1. The van der Waals surface area contributed by atoms with E-state index in [1.165, 1.54) is 7.11 Å². The maximum Gasteiger partial charge on any atom is 0.490 e. The summed E-state index contributed by atoms with van der Waals surface area (Å²) in [6, 6.07) is 17.4. The summed E-state index contributed by atoms with van der Waals surface area (Å²) in [7, 11) is 1.38. The van der Waals surface area contributed by atoms with Gasteiger partial charge in [0.25, 0.3) is 0 Å². The van der Waals surface area contributed by atoms with Gasteiger partial charge in [0.2, 0.25) is 0 Å². The van der Waals surface area contributed by atoms with Gasteiger partial charge in [-0.05, 0) is 23.3 Å². The second-order valence-electron chi connectivity index (χ2n) is 4.24.